The number of rotatable bonds is 7. The molecule has 0 radical (unpaired) electrons. The van der Waals surface area contributed by atoms with Gasteiger partial charge in [-0.25, -0.2) is 0 Å². The number of carboxylic acid groups (broad SMARTS) is 1. The standard InChI is InChI=1S/C41H65NO5S/c1-26(2)27-12-17-41(24-32(43)42-20-22-48-23-21-42)19-18-39(8)28(34(27)41)10-11-30-38(7)15-14-31(47-33(44)25-36(3,4)35(45)46)37(5,6)29(38)13-16-40(30,39)9/h27-31,34H,1,10-25H2,2-9H3,(H,45,46)/t27-,28+,29-,30+,31?,34+,38-,39+,40+,41+/m0/s1. The van der Waals surface area contributed by atoms with Gasteiger partial charge in [0.2, 0.25) is 5.91 Å². The minimum absolute atomic E-state index is 0.103. The maximum absolute atomic E-state index is 13.9. The van der Waals surface area contributed by atoms with Crippen LogP contribution in [0, 0.1) is 62.1 Å². The normalized spacial score (nSPS) is 43.6. The van der Waals surface area contributed by atoms with Crippen LogP contribution in [0.25, 0.3) is 0 Å². The fourth-order valence-electron chi connectivity index (χ4n) is 13.6. The Morgan fingerprint density at radius 2 is 1.56 bits per heavy atom. The molecule has 10 atom stereocenters. The third kappa shape index (κ3) is 5.52. The van der Waals surface area contributed by atoms with Crippen molar-refractivity contribution in [1.29, 1.82) is 0 Å². The molecule has 48 heavy (non-hydrogen) atoms. The number of nitrogens with zero attached hydrogens (tertiary/aromatic N) is 1. The molecule has 1 heterocycles. The van der Waals surface area contributed by atoms with E-state index >= 15 is 0 Å². The maximum Gasteiger partial charge on any atom is 0.309 e. The van der Waals surface area contributed by atoms with Crippen LogP contribution < -0.4 is 0 Å². The lowest BCUT2D eigenvalue weighted by Crippen LogP contribution is -2.67. The van der Waals surface area contributed by atoms with Gasteiger partial charge in [0.15, 0.2) is 0 Å². The molecule has 1 unspecified atom stereocenters. The Morgan fingerprint density at radius 1 is 0.875 bits per heavy atom. The third-order valence-corrected chi connectivity index (χ3v) is 17.4. The molecular formula is C41H65NO5S. The second-order valence-corrected chi connectivity index (χ2v) is 20.6. The van der Waals surface area contributed by atoms with E-state index in [-0.39, 0.29) is 45.6 Å². The third-order valence-electron chi connectivity index (χ3n) is 16.5. The van der Waals surface area contributed by atoms with Gasteiger partial charge in [0.25, 0.3) is 0 Å². The number of hydrogen-bond acceptors (Lipinski definition) is 5. The summed E-state index contributed by atoms with van der Waals surface area (Å²) in [6, 6.07) is 0. The average molecular weight is 684 g/mol. The van der Waals surface area contributed by atoms with Crippen molar-refractivity contribution in [1.82, 2.24) is 4.90 Å². The number of amides is 1. The van der Waals surface area contributed by atoms with E-state index in [4.69, 9.17) is 4.74 Å². The lowest BCUT2D eigenvalue weighted by atomic mass is 9.32. The number of allylic oxidation sites excluding steroid dienone is 1. The second kappa shape index (κ2) is 12.3. The average Bonchev–Trinajstić information content (AvgIpc) is 3.39. The molecule has 6 fully saturated rings. The Balaban J connectivity index is 1.25. The summed E-state index contributed by atoms with van der Waals surface area (Å²) in [6.07, 6.45) is 11.9. The van der Waals surface area contributed by atoms with Crippen molar-refractivity contribution in [2.75, 3.05) is 24.6 Å². The van der Waals surface area contributed by atoms with Crippen LogP contribution in [0.15, 0.2) is 12.2 Å². The summed E-state index contributed by atoms with van der Waals surface area (Å²) in [5, 5.41) is 9.59. The van der Waals surface area contributed by atoms with Crippen LogP contribution in [0.1, 0.15) is 132 Å². The van der Waals surface area contributed by atoms with Crippen molar-refractivity contribution in [2.24, 2.45) is 62.1 Å². The van der Waals surface area contributed by atoms with Gasteiger partial charge >= 0.3 is 11.9 Å². The zero-order valence-corrected chi connectivity index (χ0v) is 32.2. The highest BCUT2D eigenvalue weighted by atomic mass is 32.2. The molecule has 1 N–H and O–H groups in total. The number of aliphatic carboxylic acids is 1. The van der Waals surface area contributed by atoms with Crippen molar-refractivity contribution < 1.29 is 24.2 Å². The van der Waals surface area contributed by atoms with Crippen molar-refractivity contribution in [3.63, 3.8) is 0 Å². The maximum atomic E-state index is 13.9. The highest BCUT2D eigenvalue weighted by Gasteiger charge is 2.71. The first-order valence-corrected chi connectivity index (χ1v) is 20.4. The Morgan fingerprint density at radius 3 is 2.21 bits per heavy atom. The molecule has 0 aromatic carbocycles. The smallest absolute Gasteiger partial charge is 0.309 e. The van der Waals surface area contributed by atoms with Crippen LogP contribution >= 0.6 is 11.8 Å². The molecule has 7 heteroatoms. The topological polar surface area (TPSA) is 83.9 Å². The number of thioether (sulfide) groups is 1. The predicted molar refractivity (Wildman–Crippen MR) is 193 cm³/mol. The van der Waals surface area contributed by atoms with E-state index in [9.17, 15) is 19.5 Å². The van der Waals surface area contributed by atoms with Gasteiger partial charge < -0.3 is 14.7 Å². The first-order valence-electron chi connectivity index (χ1n) is 19.3. The van der Waals surface area contributed by atoms with E-state index in [0.29, 0.717) is 35.5 Å². The number of carbonyl (C=O) groups is 3. The molecule has 0 bridgehead atoms. The van der Waals surface area contributed by atoms with Crippen LogP contribution in [0.4, 0.5) is 0 Å². The number of fused-ring (bicyclic) bond motifs is 7. The number of esters is 1. The van der Waals surface area contributed by atoms with Gasteiger partial charge in [-0.1, -0.05) is 46.8 Å². The predicted octanol–water partition coefficient (Wildman–Crippen LogP) is 9.02. The van der Waals surface area contributed by atoms with Gasteiger partial charge in [-0.3, -0.25) is 14.4 Å². The molecule has 6 aliphatic rings. The fourth-order valence-corrected chi connectivity index (χ4v) is 14.5. The molecule has 1 amide bonds. The molecule has 0 spiro atoms. The van der Waals surface area contributed by atoms with Crippen LogP contribution in [0.3, 0.4) is 0 Å². The van der Waals surface area contributed by atoms with E-state index in [1.54, 1.807) is 13.8 Å². The SMILES string of the molecule is C=C(C)[C@@H]1CC[C@]2(CC(=O)N3CCSCC3)CC[C@]3(C)[C@H](CC[C@@H]4[C@@]5(C)CCC(OC(=O)CC(C)(C)C(=O)O)C(C)(C)[C@@H]5CC[C@]43C)[C@@H]12. The van der Waals surface area contributed by atoms with Crippen molar-refractivity contribution in [3.8, 4) is 0 Å². The zero-order valence-electron chi connectivity index (χ0n) is 31.4. The number of carboxylic acids is 1. The highest BCUT2D eigenvalue weighted by Crippen LogP contribution is 2.78. The van der Waals surface area contributed by atoms with Crippen LogP contribution in [-0.4, -0.2) is 58.6 Å². The Kier molecular flexibility index (Phi) is 9.32. The van der Waals surface area contributed by atoms with Gasteiger partial charge in [0.05, 0.1) is 11.8 Å². The zero-order chi connectivity index (χ0) is 35.1. The molecule has 6 rings (SSSR count). The summed E-state index contributed by atoms with van der Waals surface area (Å²) in [6.45, 7) is 24.4. The quantitative estimate of drug-likeness (QED) is 0.213. The van der Waals surface area contributed by atoms with E-state index < -0.39 is 11.4 Å². The van der Waals surface area contributed by atoms with Crippen molar-refractivity contribution in [2.45, 2.75) is 139 Å². The van der Waals surface area contributed by atoms with E-state index in [2.05, 4.69) is 53.0 Å². The van der Waals surface area contributed by atoms with Crippen LogP contribution in [-0.2, 0) is 19.1 Å². The molecular weight excluding hydrogens is 619 g/mol. The summed E-state index contributed by atoms with van der Waals surface area (Å²) in [5.41, 5.74) is 0.724. The molecule has 270 valence electrons. The minimum atomic E-state index is -1.13. The summed E-state index contributed by atoms with van der Waals surface area (Å²) in [7, 11) is 0. The van der Waals surface area contributed by atoms with Gasteiger partial charge in [-0.2, -0.15) is 11.8 Å². The molecule has 1 saturated heterocycles. The van der Waals surface area contributed by atoms with Crippen LogP contribution in [0.2, 0.25) is 0 Å². The summed E-state index contributed by atoms with van der Waals surface area (Å²) in [4.78, 5) is 40.9. The first kappa shape index (κ1) is 36.3. The van der Waals surface area contributed by atoms with E-state index in [0.717, 1.165) is 50.3 Å². The molecule has 5 aliphatic carbocycles. The summed E-state index contributed by atoms with van der Waals surface area (Å²) in [5.74, 6) is 3.92. The van der Waals surface area contributed by atoms with E-state index in [1.165, 1.54) is 50.5 Å². The fraction of sp³-hybridized carbons (Fsp3) is 0.878. The van der Waals surface area contributed by atoms with Crippen molar-refractivity contribution >= 4 is 29.6 Å². The Labute approximate surface area is 295 Å². The molecule has 5 saturated carbocycles. The molecule has 0 aromatic rings. The lowest BCUT2D eigenvalue weighted by molar-refractivity contribution is -0.250. The highest BCUT2D eigenvalue weighted by molar-refractivity contribution is 7.99. The number of ether oxygens (including phenoxy) is 1. The summed E-state index contributed by atoms with van der Waals surface area (Å²) < 4.78 is 6.18. The minimum Gasteiger partial charge on any atom is -0.481 e. The Bertz CT molecular complexity index is 1320. The number of carbonyl (C=O) groups excluding carboxylic acids is 2. The first-order chi connectivity index (χ1) is 22.3. The summed E-state index contributed by atoms with van der Waals surface area (Å²) >= 11 is 1.97. The Hall–Kier alpha value is -1.50. The van der Waals surface area contributed by atoms with E-state index in [1.807, 2.05) is 11.8 Å². The van der Waals surface area contributed by atoms with Gasteiger partial charge in [0.1, 0.15) is 6.10 Å². The molecule has 6 nitrogen and oxygen atoms in total. The largest absolute Gasteiger partial charge is 0.481 e. The molecule has 0 aromatic heterocycles. The van der Waals surface area contributed by atoms with Crippen LogP contribution in [0.5, 0.6) is 0 Å². The molecule has 1 aliphatic heterocycles. The number of hydrogen-bond donors (Lipinski definition) is 1. The van der Waals surface area contributed by atoms with Crippen molar-refractivity contribution in [3.05, 3.63) is 12.2 Å². The van der Waals surface area contributed by atoms with Gasteiger partial charge in [-0.05, 0) is 136 Å². The monoisotopic (exact) mass is 683 g/mol. The lowest BCUT2D eigenvalue weighted by Gasteiger charge is -2.73. The van der Waals surface area contributed by atoms with Gasteiger partial charge in [-0.15, -0.1) is 0 Å². The van der Waals surface area contributed by atoms with Gasteiger partial charge in [0, 0.05) is 36.4 Å². The second-order valence-electron chi connectivity index (χ2n) is 19.4.